The molecule has 0 amide bonds. The Labute approximate surface area is 194 Å². The fraction of sp³-hybridized carbons (Fsp3) is 0.500. The van der Waals surface area contributed by atoms with Gasteiger partial charge in [-0.25, -0.2) is 0 Å². The molecule has 0 aliphatic carbocycles. The van der Waals surface area contributed by atoms with E-state index in [0.717, 1.165) is 51.3 Å². The molecule has 2 aromatic rings. The predicted octanol–water partition coefficient (Wildman–Crippen LogP) is 4.99. The first kappa shape index (κ1) is 22.4. The molecule has 0 radical (unpaired) electrons. The number of likely N-dealkylation sites (tertiary alicyclic amines) is 1. The van der Waals surface area contributed by atoms with Gasteiger partial charge in [0.15, 0.2) is 0 Å². The second-order valence-corrected chi connectivity index (χ2v) is 9.48. The number of carbonyl (C=O) groups is 1. The lowest BCUT2D eigenvalue weighted by Crippen LogP contribution is -2.46. The van der Waals surface area contributed by atoms with Crippen molar-refractivity contribution in [1.82, 2.24) is 9.88 Å². The molecule has 0 N–H and O–H groups in total. The van der Waals surface area contributed by atoms with Gasteiger partial charge in [-0.3, -0.25) is 14.7 Å². The average Bonchev–Trinajstić information content (AvgIpc) is 2.73. The predicted molar refractivity (Wildman–Crippen MR) is 125 cm³/mol. The summed E-state index contributed by atoms with van der Waals surface area (Å²) in [5, 5.41) is 1.39. The van der Waals surface area contributed by atoms with E-state index in [1.807, 2.05) is 24.4 Å². The monoisotopic (exact) mass is 461 g/mol. The molecule has 3 heterocycles. The second kappa shape index (κ2) is 9.35. The lowest BCUT2D eigenvalue weighted by Gasteiger charge is -2.42. The van der Waals surface area contributed by atoms with Gasteiger partial charge in [0.25, 0.3) is 0 Å². The number of benzene rings is 1. The zero-order chi connectivity index (χ0) is 22.1. The molecule has 2 saturated heterocycles. The van der Waals surface area contributed by atoms with Crippen molar-refractivity contribution in [2.75, 3.05) is 38.2 Å². The summed E-state index contributed by atoms with van der Waals surface area (Å²) in [5.74, 6) is 0.346. The van der Waals surface area contributed by atoms with Crippen molar-refractivity contribution in [1.29, 1.82) is 0 Å². The van der Waals surface area contributed by atoms with E-state index in [0.29, 0.717) is 16.0 Å². The first-order valence-electron chi connectivity index (χ1n) is 10.8. The van der Waals surface area contributed by atoms with Crippen LogP contribution in [0.25, 0.3) is 0 Å². The summed E-state index contributed by atoms with van der Waals surface area (Å²) in [7, 11) is 1.47. The van der Waals surface area contributed by atoms with Crippen LogP contribution >= 0.6 is 23.2 Å². The van der Waals surface area contributed by atoms with Crippen molar-refractivity contribution in [2.24, 2.45) is 5.92 Å². The minimum atomic E-state index is -0.0784. The van der Waals surface area contributed by atoms with Gasteiger partial charge in [0.2, 0.25) is 0 Å². The molecule has 1 aromatic carbocycles. The van der Waals surface area contributed by atoms with Crippen LogP contribution < -0.4 is 4.90 Å². The lowest BCUT2D eigenvalue weighted by molar-refractivity contribution is -0.147. The molecule has 5 nitrogen and oxygen atoms in total. The fourth-order valence-electron chi connectivity index (χ4n) is 4.70. The van der Waals surface area contributed by atoms with E-state index in [1.165, 1.54) is 29.5 Å². The van der Waals surface area contributed by atoms with Gasteiger partial charge in [-0.2, -0.15) is 0 Å². The third-order valence-electron chi connectivity index (χ3n) is 6.83. The molecule has 31 heavy (non-hydrogen) atoms. The van der Waals surface area contributed by atoms with Crippen LogP contribution in [0.3, 0.4) is 0 Å². The minimum absolute atomic E-state index is 0.0396. The first-order valence-corrected chi connectivity index (χ1v) is 11.6. The molecular weight excluding hydrogens is 433 g/mol. The van der Waals surface area contributed by atoms with E-state index in [1.54, 1.807) is 0 Å². The summed E-state index contributed by atoms with van der Waals surface area (Å²) in [6, 6.07) is 5.64. The highest BCUT2D eigenvalue weighted by molar-refractivity contribution is 6.39. The van der Waals surface area contributed by atoms with E-state index in [4.69, 9.17) is 32.9 Å². The number of piperidine rings is 1. The summed E-state index contributed by atoms with van der Waals surface area (Å²) < 4.78 is 4.89. The third-order valence-corrected chi connectivity index (χ3v) is 7.44. The molecule has 1 aromatic heterocycles. The molecule has 0 atom stereocenters. The number of pyridine rings is 1. The number of anilines is 1. The van der Waals surface area contributed by atoms with Crippen LogP contribution in [0.15, 0.2) is 24.4 Å². The number of aromatic nitrogens is 1. The van der Waals surface area contributed by atoms with Gasteiger partial charge in [0.05, 0.1) is 34.5 Å². The molecule has 7 heteroatoms. The molecular formula is C24H29Cl2N3O2. The molecule has 166 valence electrons. The van der Waals surface area contributed by atoms with Crippen molar-refractivity contribution in [2.45, 2.75) is 39.2 Å². The van der Waals surface area contributed by atoms with Crippen LogP contribution in [0.1, 0.15) is 41.1 Å². The number of para-hydroxylation sites is 1. The van der Waals surface area contributed by atoms with E-state index in [9.17, 15) is 4.79 Å². The number of hydrogen-bond acceptors (Lipinski definition) is 5. The van der Waals surface area contributed by atoms with E-state index >= 15 is 0 Å². The van der Waals surface area contributed by atoms with Crippen LogP contribution in [0, 0.1) is 19.8 Å². The summed E-state index contributed by atoms with van der Waals surface area (Å²) in [4.78, 5) is 21.2. The van der Waals surface area contributed by atoms with Crippen LogP contribution in [0.5, 0.6) is 0 Å². The smallest absolute Gasteiger partial charge is 0.308 e. The topological polar surface area (TPSA) is 45.7 Å². The number of halogens is 2. The van der Waals surface area contributed by atoms with Crippen LogP contribution in [-0.2, 0) is 16.1 Å². The zero-order valence-corrected chi connectivity index (χ0v) is 19.8. The van der Waals surface area contributed by atoms with E-state index in [-0.39, 0.29) is 11.9 Å². The van der Waals surface area contributed by atoms with Gasteiger partial charge >= 0.3 is 5.97 Å². The normalized spacial score (nSPS) is 18.2. The van der Waals surface area contributed by atoms with Crippen molar-refractivity contribution < 1.29 is 9.53 Å². The molecule has 0 spiro atoms. The highest BCUT2D eigenvalue weighted by Gasteiger charge is 2.33. The summed E-state index contributed by atoms with van der Waals surface area (Å²) in [5.41, 5.74) is 5.95. The van der Waals surface area contributed by atoms with Gasteiger partial charge in [-0.15, -0.1) is 0 Å². The van der Waals surface area contributed by atoms with Crippen molar-refractivity contribution in [3.63, 3.8) is 0 Å². The summed E-state index contributed by atoms with van der Waals surface area (Å²) in [6.07, 6.45) is 3.76. The van der Waals surface area contributed by atoms with Gasteiger partial charge in [-0.1, -0.05) is 29.3 Å². The maximum absolute atomic E-state index is 11.7. The average molecular weight is 462 g/mol. The SMILES string of the molecule is COC(=O)C1CCN(Cc2cnc(C3CN(c4c(Cl)cccc4Cl)C3)c(C)c2C)CC1. The van der Waals surface area contributed by atoms with Crippen molar-refractivity contribution in [3.8, 4) is 0 Å². The Morgan fingerprint density at radius 2 is 1.77 bits per heavy atom. The zero-order valence-electron chi connectivity index (χ0n) is 18.3. The Bertz CT molecular complexity index is 947. The number of rotatable bonds is 5. The molecule has 4 rings (SSSR count). The Morgan fingerprint density at radius 3 is 2.39 bits per heavy atom. The number of methoxy groups -OCH3 is 1. The molecule has 2 aliphatic heterocycles. The molecule has 0 saturated carbocycles. The quantitative estimate of drug-likeness (QED) is 0.586. The van der Waals surface area contributed by atoms with Gasteiger partial charge < -0.3 is 9.64 Å². The van der Waals surface area contributed by atoms with E-state index < -0.39 is 0 Å². The Kier molecular flexibility index (Phi) is 6.75. The number of carbonyl (C=O) groups excluding carboxylic acids is 1. The van der Waals surface area contributed by atoms with Gasteiger partial charge in [-0.05, 0) is 68.6 Å². The fourth-order valence-corrected chi connectivity index (χ4v) is 5.34. The highest BCUT2D eigenvalue weighted by Crippen LogP contribution is 2.40. The molecule has 2 fully saturated rings. The number of ether oxygens (including phenoxy) is 1. The Hall–Kier alpha value is -1.82. The van der Waals surface area contributed by atoms with Gasteiger partial charge in [0.1, 0.15) is 0 Å². The maximum atomic E-state index is 11.7. The highest BCUT2D eigenvalue weighted by atomic mass is 35.5. The maximum Gasteiger partial charge on any atom is 0.308 e. The van der Waals surface area contributed by atoms with Crippen LogP contribution in [0.2, 0.25) is 10.0 Å². The number of esters is 1. The first-order chi connectivity index (χ1) is 14.9. The Morgan fingerprint density at radius 1 is 1.13 bits per heavy atom. The van der Waals surface area contributed by atoms with Crippen LogP contribution in [0.4, 0.5) is 5.69 Å². The lowest BCUT2D eigenvalue weighted by atomic mass is 9.89. The van der Waals surface area contributed by atoms with E-state index in [2.05, 4.69) is 23.6 Å². The standard InChI is InChI=1S/C24H29Cl2N3O2/c1-15-16(2)22(19-13-29(14-19)23-20(25)5-4-6-21(23)26)27-11-18(15)12-28-9-7-17(8-10-28)24(30)31-3/h4-6,11,17,19H,7-10,12-14H2,1-3H3. The van der Waals surface area contributed by atoms with Crippen molar-refractivity contribution >= 4 is 34.9 Å². The minimum Gasteiger partial charge on any atom is -0.469 e. The number of hydrogen-bond donors (Lipinski definition) is 0. The molecule has 0 bridgehead atoms. The number of nitrogens with zero attached hydrogens (tertiary/aromatic N) is 3. The summed E-state index contributed by atoms with van der Waals surface area (Å²) >= 11 is 12.7. The molecule has 2 aliphatic rings. The molecule has 0 unspecified atom stereocenters. The van der Waals surface area contributed by atoms with Crippen molar-refractivity contribution in [3.05, 3.63) is 56.8 Å². The van der Waals surface area contributed by atoms with Crippen LogP contribution in [-0.4, -0.2) is 49.1 Å². The largest absolute Gasteiger partial charge is 0.469 e. The summed E-state index contributed by atoms with van der Waals surface area (Å²) in [6.45, 7) is 8.81. The Balaban J connectivity index is 1.39. The second-order valence-electron chi connectivity index (χ2n) is 8.66. The third kappa shape index (κ3) is 4.55. The van der Waals surface area contributed by atoms with Gasteiger partial charge in [0, 0.05) is 31.7 Å².